The normalized spacial score (nSPS) is 16.1. The van der Waals surface area contributed by atoms with Crippen molar-refractivity contribution >= 4 is 11.3 Å². The maximum Gasteiger partial charge on any atom is 0.0827 e. The molecule has 1 aromatic rings. The van der Waals surface area contributed by atoms with Crippen molar-refractivity contribution in [2.45, 2.75) is 39.8 Å². The minimum absolute atomic E-state index is 0.0370. The first-order valence-electron chi connectivity index (χ1n) is 5.44. The summed E-state index contributed by atoms with van der Waals surface area (Å²) < 4.78 is 5.59. The molecule has 0 amide bonds. The Morgan fingerprint density at radius 1 is 1.44 bits per heavy atom. The first-order valence-corrected chi connectivity index (χ1v) is 6.32. The molecule has 92 valence electrons. The van der Waals surface area contributed by atoms with Crippen molar-refractivity contribution in [2.24, 2.45) is 11.3 Å². The van der Waals surface area contributed by atoms with Crippen LogP contribution in [-0.2, 0) is 4.74 Å². The van der Waals surface area contributed by atoms with Gasteiger partial charge in [0, 0.05) is 12.0 Å². The molecule has 0 saturated heterocycles. The first kappa shape index (κ1) is 13.6. The van der Waals surface area contributed by atoms with Crippen LogP contribution < -0.4 is 11.3 Å². The summed E-state index contributed by atoms with van der Waals surface area (Å²) >= 11 is 1.74. The Balaban J connectivity index is 2.96. The Kier molecular flexibility index (Phi) is 4.50. The highest BCUT2D eigenvalue weighted by atomic mass is 32.1. The molecule has 0 radical (unpaired) electrons. The standard InChI is InChI=1S/C12H22N2OS/c1-8-6-9(7-16-8)10(14-13)11(15-5)12(2,3)4/h6-7,10-11,14H,13H2,1-5H3. The highest BCUT2D eigenvalue weighted by Gasteiger charge is 2.33. The molecule has 3 nitrogen and oxygen atoms in total. The second-order valence-electron chi connectivity index (χ2n) is 5.16. The minimum Gasteiger partial charge on any atom is -0.379 e. The van der Waals surface area contributed by atoms with Gasteiger partial charge in [-0.2, -0.15) is 0 Å². The van der Waals surface area contributed by atoms with Crippen molar-refractivity contribution in [3.63, 3.8) is 0 Å². The van der Waals surface area contributed by atoms with Gasteiger partial charge in [-0.05, 0) is 29.3 Å². The number of ether oxygens (including phenoxy) is 1. The molecule has 16 heavy (non-hydrogen) atoms. The van der Waals surface area contributed by atoms with Crippen LogP contribution in [0.15, 0.2) is 11.4 Å². The van der Waals surface area contributed by atoms with E-state index in [1.54, 1.807) is 18.4 Å². The number of aryl methyl sites for hydroxylation is 1. The van der Waals surface area contributed by atoms with Crippen molar-refractivity contribution in [1.82, 2.24) is 5.43 Å². The van der Waals surface area contributed by atoms with Gasteiger partial charge in [-0.1, -0.05) is 20.8 Å². The lowest BCUT2D eigenvalue weighted by atomic mass is 9.83. The fourth-order valence-corrected chi connectivity index (χ4v) is 2.72. The lowest BCUT2D eigenvalue weighted by Crippen LogP contribution is -2.44. The van der Waals surface area contributed by atoms with Gasteiger partial charge in [-0.15, -0.1) is 11.3 Å². The maximum atomic E-state index is 5.66. The number of nitrogens with one attached hydrogen (secondary N) is 1. The molecule has 0 aliphatic heterocycles. The van der Waals surface area contributed by atoms with Crippen molar-refractivity contribution in [3.05, 3.63) is 21.9 Å². The second-order valence-corrected chi connectivity index (χ2v) is 6.27. The van der Waals surface area contributed by atoms with Crippen LogP contribution in [0, 0.1) is 12.3 Å². The summed E-state index contributed by atoms with van der Waals surface area (Å²) in [5.41, 5.74) is 4.11. The van der Waals surface area contributed by atoms with E-state index in [9.17, 15) is 0 Å². The largest absolute Gasteiger partial charge is 0.379 e. The minimum atomic E-state index is 0.0370. The van der Waals surface area contributed by atoms with Crippen LogP contribution in [0.25, 0.3) is 0 Å². The van der Waals surface area contributed by atoms with E-state index in [-0.39, 0.29) is 17.6 Å². The van der Waals surface area contributed by atoms with Crippen LogP contribution in [0.5, 0.6) is 0 Å². The van der Waals surface area contributed by atoms with Crippen LogP contribution in [0.4, 0.5) is 0 Å². The molecule has 3 N–H and O–H groups in total. The molecule has 0 spiro atoms. The summed E-state index contributed by atoms with van der Waals surface area (Å²) in [5.74, 6) is 5.66. The van der Waals surface area contributed by atoms with Gasteiger partial charge in [-0.25, -0.2) is 0 Å². The molecule has 1 heterocycles. The van der Waals surface area contributed by atoms with Crippen LogP contribution in [0.3, 0.4) is 0 Å². The predicted octanol–water partition coefficient (Wildman–Crippen LogP) is 2.62. The lowest BCUT2D eigenvalue weighted by molar-refractivity contribution is -0.0119. The molecular weight excluding hydrogens is 220 g/mol. The van der Waals surface area contributed by atoms with E-state index in [4.69, 9.17) is 10.6 Å². The summed E-state index contributed by atoms with van der Waals surface area (Å²) in [6.07, 6.45) is 0.0477. The quantitative estimate of drug-likeness (QED) is 0.630. The zero-order valence-electron chi connectivity index (χ0n) is 10.7. The predicted molar refractivity (Wildman–Crippen MR) is 69.4 cm³/mol. The van der Waals surface area contributed by atoms with E-state index in [0.717, 1.165) is 0 Å². The average Bonchev–Trinajstić information content (AvgIpc) is 2.58. The molecule has 1 aromatic heterocycles. The van der Waals surface area contributed by atoms with E-state index < -0.39 is 0 Å². The fraction of sp³-hybridized carbons (Fsp3) is 0.667. The van der Waals surface area contributed by atoms with Gasteiger partial charge in [-0.3, -0.25) is 11.3 Å². The van der Waals surface area contributed by atoms with Crippen molar-refractivity contribution < 1.29 is 4.74 Å². The SMILES string of the molecule is COC(C(NN)c1csc(C)c1)C(C)(C)C. The topological polar surface area (TPSA) is 47.3 Å². The molecule has 1 rings (SSSR count). The maximum absolute atomic E-state index is 5.66. The van der Waals surface area contributed by atoms with Gasteiger partial charge >= 0.3 is 0 Å². The van der Waals surface area contributed by atoms with Crippen molar-refractivity contribution in [1.29, 1.82) is 0 Å². The second kappa shape index (κ2) is 5.27. The van der Waals surface area contributed by atoms with E-state index in [0.29, 0.717) is 0 Å². The molecule has 0 bridgehead atoms. The summed E-state index contributed by atoms with van der Waals surface area (Å²) in [4.78, 5) is 1.29. The Morgan fingerprint density at radius 2 is 2.06 bits per heavy atom. The van der Waals surface area contributed by atoms with Gasteiger partial charge in [0.1, 0.15) is 0 Å². The third-order valence-corrected chi connectivity index (χ3v) is 3.58. The molecule has 2 atom stereocenters. The van der Waals surface area contributed by atoms with Gasteiger partial charge < -0.3 is 4.74 Å². The first-order chi connectivity index (χ1) is 7.40. The van der Waals surface area contributed by atoms with Crippen LogP contribution in [0.2, 0.25) is 0 Å². The van der Waals surface area contributed by atoms with E-state index in [1.165, 1.54) is 10.4 Å². The van der Waals surface area contributed by atoms with Gasteiger partial charge in [0.25, 0.3) is 0 Å². The number of hydrogen-bond donors (Lipinski definition) is 2. The molecule has 0 fully saturated rings. The molecule has 0 aliphatic rings. The van der Waals surface area contributed by atoms with Gasteiger partial charge in [0.15, 0.2) is 0 Å². The van der Waals surface area contributed by atoms with Crippen LogP contribution in [-0.4, -0.2) is 13.2 Å². The molecule has 0 aromatic carbocycles. The van der Waals surface area contributed by atoms with Crippen molar-refractivity contribution in [2.75, 3.05) is 7.11 Å². The van der Waals surface area contributed by atoms with Crippen LogP contribution >= 0.6 is 11.3 Å². The zero-order chi connectivity index (χ0) is 12.3. The zero-order valence-corrected chi connectivity index (χ0v) is 11.5. The van der Waals surface area contributed by atoms with Crippen molar-refractivity contribution in [3.8, 4) is 0 Å². The summed E-state index contributed by atoms with van der Waals surface area (Å²) in [6, 6.07) is 2.20. The third-order valence-electron chi connectivity index (χ3n) is 2.70. The summed E-state index contributed by atoms with van der Waals surface area (Å²) in [7, 11) is 1.74. The van der Waals surface area contributed by atoms with E-state index >= 15 is 0 Å². The molecule has 0 aliphatic carbocycles. The van der Waals surface area contributed by atoms with E-state index in [1.807, 2.05) is 0 Å². The monoisotopic (exact) mass is 242 g/mol. The lowest BCUT2D eigenvalue weighted by Gasteiger charge is -2.35. The number of hydrazine groups is 1. The van der Waals surface area contributed by atoms with Gasteiger partial charge in [0.2, 0.25) is 0 Å². The van der Waals surface area contributed by atoms with E-state index in [2.05, 4.69) is 44.6 Å². The highest BCUT2D eigenvalue weighted by molar-refractivity contribution is 7.10. The Hall–Kier alpha value is -0.420. The summed E-state index contributed by atoms with van der Waals surface area (Å²) in [6.45, 7) is 8.57. The molecule has 2 unspecified atom stereocenters. The molecule has 0 saturated carbocycles. The number of thiophene rings is 1. The fourth-order valence-electron chi connectivity index (χ4n) is 1.97. The Labute approximate surface area is 102 Å². The number of rotatable bonds is 4. The highest BCUT2D eigenvalue weighted by Crippen LogP contribution is 2.33. The number of methoxy groups -OCH3 is 1. The number of hydrogen-bond acceptors (Lipinski definition) is 4. The van der Waals surface area contributed by atoms with Gasteiger partial charge in [0.05, 0.1) is 12.1 Å². The number of nitrogens with two attached hydrogens (primary N) is 1. The molecular formula is C12H22N2OS. The Bertz CT molecular complexity index is 330. The third kappa shape index (κ3) is 3.04. The smallest absolute Gasteiger partial charge is 0.0827 e. The summed E-state index contributed by atoms with van der Waals surface area (Å²) in [5, 5.41) is 2.14. The molecule has 4 heteroatoms. The van der Waals surface area contributed by atoms with Crippen LogP contribution in [0.1, 0.15) is 37.3 Å². The Morgan fingerprint density at radius 3 is 2.38 bits per heavy atom. The average molecular weight is 242 g/mol.